The summed E-state index contributed by atoms with van der Waals surface area (Å²) in [4.78, 5) is 2.06. The van der Waals surface area contributed by atoms with Gasteiger partial charge in [0, 0.05) is 24.5 Å². The molecule has 3 heteroatoms. The zero-order valence-electron chi connectivity index (χ0n) is 7.54. The fraction of sp³-hybridized carbons (Fsp3) is 0.0909. The number of rotatable bonds is 0. The van der Waals surface area contributed by atoms with Crippen molar-refractivity contribution in [2.24, 2.45) is 16.1 Å². The predicted molar refractivity (Wildman–Crippen MR) is 53.8 cm³/mol. The number of hydrogen-bond donors (Lipinski definition) is 0. The predicted octanol–water partition coefficient (Wildman–Crippen LogP) is 2.71. The standard InChI is InChI=1S/C11H9N3/c1-2-7-14-8-5-9-4-6-12-13-11(9)10(14)3-1/h1-9H. The Hall–Kier alpha value is -1.90. The smallest absolute Gasteiger partial charge is 0.0977 e. The van der Waals surface area contributed by atoms with Crippen LogP contribution in [-0.2, 0) is 0 Å². The van der Waals surface area contributed by atoms with Crippen molar-refractivity contribution in [1.82, 2.24) is 4.90 Å². The average molecular weight is 183 g/mol. The highest BCUT2D eigenvalue weighted by Crippen LogP contribution is 2.32. The summed E-state index contributed by atoms with van der Waals surface area (Å²) < 4.78 is 0. The number of allylic oxidation sites excluding steroid dienone is 4. The van der Waals surface area contributed by atoms with Crippen LogP contribution in [0.4, 0.5) is 0 Å². The van der Waals surface area contributed by atoms with Gasteiger partial charge in [-0.25, -0.2) is 0 Å². The molecular formula is C11H9N3. The van der Waals surface area contributed by atoms with E-state index in [1.807, 2.05) is 18.4 Å². The Kier molecular flexibility index (Phi) is 1.50. The van der Waals surface area contributed by atoms with Gasteiger partial charge in [0.05, 0.1) is 11.4 Å². The minimum absolute atomic E-state index is 0.287. The van der Waals surface area contributed by atoms with Gasteiger partial charge in [0.25, 0.3) is 0 Å². The number of hydrogen-bond acceptors (Lipinski definition) is 3. The van der Waals surface area contributed by atoms with E-state index in [1.54, 1.807) is 6.20 Å². The number of nitrogens with zero attached hydrogens (tertiary/aromatic N) is 3. The number of azo groups is 1. The highest BCUT2D eigenvalue weighted by atomic mass is 15.2. The van der Waals surface area contributed by atoms with E-state index in [1.165, 1.54) is 0 Å². The van der Waals surface area contributed by atoms with Crippen LogP contribution in [0.2, 0.25) is 0 Å². The van der Waals surface area contributed by atoms with Crippen LogP contribution in [0.3, 0.4) is 0 Å². The Balaban J connectivity index is 2.13. The van der Waals surface area contributed by atoms with Crippen molar-refractivity contribution in [2.45, 2.75) is 0 Å². The molecule has 0 aromatic carbocycles. The zero-order chi connectivity index (χ0) is 9.38. The molecule has 3 aliphatic heterocycles. The summed E-state index contributed by atoms with van der Waals surface area (Å²) in [6.07, 6.45) is 16.1. The first kappa shape index (κ1) is 7.50. The van der Waals surface area contributed by atoms with Crippen LogP contribution < -0.4 is 0 Å². The lowest BCUT2D eigenvalue weighted by Gasteiger charge is -2.28. The fourth-order valence-corrected chi connectivity index (χ4v) is 1.75. The molecular weight excluding hydrogens is 174 g/mol. The monoisotopic (exact) mass is 183 g/mol. The second-order valence-corrected chi connectivity index (χ2v) is 3.30. The van der Waals surface area contributed by atoms with Crippen LogP contribution in [0.25, 0.3) is 0 Å². The van der Waals surface area contributed by atoms with Gasteiger partial charge >= 0.3 is 0 Å². The van der Waals surface area contributed by atoms with Gasteiger partial charge in [0.15, 0.2) is 0 Å². The maximum atomic E-state index is 4.18. The van der Waals surface area contributed by atoms with Gasteiger partial charge in [0.2, 0.25) is 0 Å². The van der Waals surface area contributed by atoms with Crippen LogP contribution in [-0.4, -0.2) is 4.90 Å². The Morgan fingerprint density at radius 3 is 3.14 bits per heavy atom. The van der Waals surface area contributed by atoms with E-state index >= 15 is 0 Å². The Labute approximate surface area is 82.1 Å². The van der Waals surface area contributed by atoms with Crippen LogP contribution >= 0.6 is 0 Å². The lowest BCUT2D eigenvalue weighted by Crippen LogP contribution is -2.19. The second-order valence-electron chi connectivity index (χ2n) is 3.30. The normalized spacial score (nSPS) is 26.9. The lowest BCUT2D eigenvalue weighted by atomic mass is 9.99. The molecule has 0 bridgehead atoms. The summed E-state index contributed by atoms with van der Waals surface area (Å²) in [6, 6.07) is 0. The summed E-state index contributed by atoms with van der Waals surface area (Å²) in [5.41, 5.74) is 2.14. The molecule has 3 nitrogen and oxygen atoms in total. The largest absolute Gasteiger partial charge is 0.322 e. The first-order valence-corrected chi connectivity index (χ1v) is 4.58. The van der Waals surface area contributed by atoms with E-state index in [4.69, 9.17) is 0 Å². The van der Waals surface area contributed by atoms with Gasteiger partial charge < -0.3 is 4.90 Å². The maximum absolute atomic E-state index is 4.18. The van der Waals surface area contributed by atoms with Crippen LogP contribution in [0.15, 0.2) is 70.6 Å². The molecule has 0 aromatic heterocycles. The van der Waals surface area contributed by atoms with Gasteiger partial charge in [-0.3, -0.25) is 0 Å². The van der Waals surface area contributed by atoms with Gasteiger partial charge in [-0.15, -0.1) is 0 Å². The van der Waals surface area contributed by atoms with Crippen LogP contribution in [0.5, 0.6) is 0 Å². The summed E-state index contributed by atoms with van der Waals surface area (Å²) >= 11 is 0. The second kappa shape index (κ2) is 2.80. The van der Waals surface area contributed by atoms with Gasteiger partial charge in [-0.05, 0) is 12.2 Å². The summed E-state index contributed by atoms with van der Waals surface area (Å²) in [5.74, 6) is 0.287. The van der Waals surface area contributed by atoms with E-state index < -0.39 is 0 Å². The van der Waals surface area contributed by atoms with Crippen molar-refractivity contribution in [3.05, 3.63) is 60.4 Å². The molecule has 68 valence electrons. The van der Waals surface area contributed by atoms with Crippen molar-refractivity contribution in [3.63, 3.8) is 0 Å². The van der Waals surface area contributed by atoms with Crippen LogP contribution in [0.1, 0.15) is 0 Å². The van der Waals surface area contributed by atoms with Crippen molar-refractivity contribution in [1.29, 1.82) is 0 Å². The molecule has 14 heavy (non-hydrogen) atoms. The molecule has 0 radical (unpaired) electrons. The summed E-state index contributed by atoms with van der Waals surface area (Å²) in [5, 5.41) is 8.10. The molecule has 0 spiro atoms. The molecule has 0 aromatic rings. The molecule has 3 heterocycles. The molecule has 0 saturated carbocycles. The molecule has 0 saturated heterocycles. The quantitative estimate of drug-likeness (QED) is 0.567. The minimum Gasteiger partial charge on any atom is -0.322 e. The Bertz CT molecular complexity index is 395. The third kappa shape index (κ3) is 0.988. The maximum Gasteiger partial charge on any atom is 0.0977 e. The third-order valence-corrected chi connectivity index (χ3v) is 2.45. The van der Waals surface area contributed by atoms with E-state index in [9.17, 15) is 0 Å². The highest BCUT2D eigenvalue weighted by Gasteiger charge is 2.22. The molecule has 1 unspecified atom stereocenters. The van der Waals surface area contributed by atoms with E-state index in [0.29, 0.717) is 0 Å². The molecule has 0 amide bonds. The Morgan fingerprint density at radius 2 is 2.14 bits per heavy atom. The topological polar surface area (TPSA) is 28.0 Å². The van der Waals surface area contributed by atoms with Crippen molar-refractivity contribution < 1.29 is 0 Å². The summed E-state index contributed by atoms with van der Waals surface area (Å²) in [6.45, 7) is 0. The van der Waals surface area contributed by atoms with E-state index in [2.05, 4.69) is 39.6 Å². The fourth-order valence-electron chi connectivity index (χ4n) is 1.75. The van der Waals surface area contributed by atoms with E-state index in [-0.39, 0.29) is 5.92 Å². The SMILES string of the molecule is C1=CC2=C3N=NC=CC3C=CN2C=C1. The minimum atomic E-state index is 0.287. The molecule has 0 aliphatic carbocycles. The molecule has 3 aliphatic rings. The van der Waals surface area contributed by atoms with Gasteiger partial charge in [-0.1, -0.05) is 18.2 Å². The molecule has 1 atom stereocenters. The third-order valence-electron chi connectivity index (χ3n) is 2.45. The number of fused-ring (bicyclic) bond motifs is 2. The van der Waals surface area contributed by atoms with Crippen LogP contribution in [0, 0.1) is 5.92 Å². The summed E-state index contributed by atoms with van der Waals surface area (Å²) in [7, 11) is 0. The lowest BCUT2D eigenvalue weighted by molar-refractivity contribution is 0.589. The highest BCUT2D eigenvalue weighted by molar-refractivity contribution is 5.40. The molecule has 3 rings (SSSR count). The van der Waals surface area contributed by atoms with Crippen molar-refractivity contribution in [2.75, 3.05) is 0 Å². The first-order valence-electron chi connectivity index (χ1n) is 4.58. The molecule has 0 fully saturated rings. The average Bonchev–Trinajstić information content (AvgIpc) is 2.29. The van der Waals surface area contributed by atoms with E-state index in [0.717, 1.165) is 11.4 Å². The van der Waals surface area contributed by atoms with Gasteiger partial charge in [0.1, 0.15) is 0 Å². The van der Waals surface area contributed by atoms with Gasteiger partial charge in [-0.2, -0.15) is 10.2 Å². The first-order chi connectivity index (χ1) is 6.95. The van der Waals surface area contributed by atoms with Crippen molar-refractivity contribution >= 4 is 0 Å². The zero-order valence-corrected chi connectivity index (χ0v) is 7.54. The Morgan fingerprint density at radius 1 is 1.14 bits per heavy atom. The molecule has 0 N–H and O–H groups in total. The van der Waals surface area contributed by atoms with Crippen molar-refractivity contribution in [3.8, 4) is 0 Å².